The number of ether oxygens (including phenoxy) is 4. The number of hydrogen-bond acceptors (Lipinski definition) is 17. The number of esters is 3. The zero-order valence-corrected chi connectivity index (χ0v) is 53.8. The van der Waals surface area contributed by atoms with E-state index in [1.807, 2.05) is 65.3 Å². The first kappa shape index (κ1) is 74.6. The molecule has 0 aromatic heterocycles. The van der Waals surface area contributed by atoms with E-state index < -0.39 is 70.0 Å². The number of nitrogens with two attached hydrogens (primary N) is 1. The molecule has 436 valence electrons. The molecule has 0 fully saturated rings. The van der Waals surface area contributed by atoms with Gasteiger partial charge in [-0.2, -0.15) is 25.3 Å². The predicted molar refractivity (Wildman–Crippen MR) is 311 cm³/mol. The van der Waals surface area contributed by atoms with E-state index in [2.05, 4.69) is 68.0 Å². The Bertz CT molecular complexity index is 2900. The lowest BCUT2D eigenvalue weighted by Gasteiger charge is -2.37. The predicted octanol–water partition coefficient (Wildman–Crippen LogP) is 10.8. The molecule has 4 N–H and O–H groups in total. The second-order valence-corrected chi connectivity index (χ2v) is 26.4. The van der Waals surface area contributed by atoms with Crippen molar-refractivity contribution < 1.29 is 67.6 Å². The Labute approximate surface area is 485 Å². The number of amides is 1. The molecule has 0 bridgehead atoms. The summed E-state index contributed by atoms with van der Waals surface area (Å²) >= 11 is 10.4. The van der Waals surface area contributed by atoms with Crippen LogP contribution in [0.4, 0.5) is 21.9 Å². The number of benzene rings is 3. The Morgan fingerprint density at radius 3 is 1.21 bits per heavy atom. The highest BCUT2D eigenvalue weighted by Gasteiger charge is 2.45. The summed E-state index contributed by atoms with van der Waals surface area (Å²) in [7, 11) is -8.39. The van der Waals surface area contributed by atoms with Crippen LogP contribution in [0.5, 0.6) is 0 Å². The number of aryl methyl sites for hydroxylation is 6. The first-order valence-electron chi connectivity index (χ1n) is 22.8. The van der Waals surface area contributed by atoms with Gasteiger partial charge in [0.2, 0.25) is 0 Å². The number of carbonyl (C=O) groups is 4. The van der Waals surface area contributed by atoms with Gasteiger partial charge >= 0.3 is 49.8 Å². The lowest BCUT2D eigenvalue weighted by molar-refractivity contribution is -0.148. The van der Waals surface area contributed by atoms with Gasteiger partial charge in [0.15, 0.2) is 0 Å². The minimum Gasteiger partial charge on any atom is -0.464 e. The second-order valence-electron chi connectivity index (χ2n) is 19.0. The van der Waals surface area contributed by atoms with Crippen molar-refractivity contribution in [3.8, 4) is 6.26 Å². The number of nitriles is 1. The normalized spacial score (nSPS) is 11.6. The largest absolute Gasteiger partial charge is 0.464 e. The molecule has 77 heavy (non-hydrogen) atoms. The SMILES string of the molecule is C.CCOC(=O)C(C)(C)N(c1cc(C)c(Br)c(C)c1)S(=O)(=O)NC(=O)OC(C)(C)C.CCOC(=O)C(C)(C)N(c1cc(C)c(Br)c(C)c1)S(N)(=O)=O.CCOC(=O)C(C)(C)Nc1cc(C)c(Br)c(C)c1.N#COS(=O)(=O)Cl. The Balaban J connectivity index is 0. The lowest BCUT2D eigenvalue weighted by atomic mass is 10.0. The molecule has 3 aromatic rings. The Kier molecular flexibility index (Phi) is 29.3. The van der Waals surface area contributed by atoms with Crippen molar-refractivity contribution in [1.29, 1.82) is 5.26 Å². The van der Waals surface area contributed by atoms with Gasteiger partial charge in [-0.25, -0.2) is 37.6 Å². The first-order chi connectivity index (χ1) is 34.3. The van der Waals surface area contributed by atoms with E-state index in [1.54, 1.807) is 72.7 Å². The summed E-state index contributed by atoms with van der Waals surface area (Å²) in [5.41, 5.74) is 2.18. The zero-order valence-electron chi connectivity index (χ0n) is 45.9. The van der Waals surface area contributed by atoms with Crippen molar-refractivity contribution in [3.63, 3.8) is 0 Å². The fourth-order valence-electron chi connectivity index (χ4n) is 6.65. The maximum absolute atomic E-state index is 13.2. The molecule has 0 aliphatic rings. The minimum absolute atomic E-state index is 0. The number of nitrogens with one attached hydrogen (secondary N) is 2. The Morgan fingerprint density at radius 1 is 0.610 bits per heavy atom. The summed E-state index contributed by atoms with van der Waals surface area (Å²) in [5.74, 6) is -1.67. The molecule has 0 atom stereocenters. The zero-order chi connectivity index (χ0) is 59.9. The number of nitrogens with zero attached hydrogens (tertiary/aromatic N) is 3. The van der Waals surface area contributed by atoms with Gasteiger partial charge in [0, 0.05) is 19.1 Å². The molecule has 0 unspecified atom stereocenters. The molecule has 0 aliphatic heterocycles. The van der Waals surface area contributed by atoms with Gasteiger partial charge in [-0.05, 0) is 194 Å². The topological polar surface area (TPSA) is 297 Å². The summed E-state index contributed by atoms with van der Waals surface area (Å²) in [6.07, 6.45) is -0.258. The molecule has 21 nitrogen and oxygen atoms in total. The maximum Gasteiger partial charge on any atom is 0.422 e. The molecular formula is C49H74Br3ClN6O15S3. The van der Waals surface area contributed by atoms with Gasteiger partial charge in [0.05, 0.1) is 41.9 Å². The third kappa shape index (κ3) is 23.4. The van der Waals surface area contributed by atoms with Crippen LogP contribution in [0.25, 0.3) is 0 Å². The number of rotatable bonds is 16. The van der Waals surface area contributed by atoms with Gasteiger partial charge in [0.1, 0.15) is 22.2 Å². The van der Waals surface area contributed by atoms with Crippen molar-refractivity contribution in [2.75, 3.05) is 33.7 Å². The smallest absolute Gasteiger partial charge is 0.422 e. The van der Waals surface area contributed by atoms with E-state index in [1.165, 1.54) is 27.7 Å². The van der Waals surface area contributed by atoms with Crippen molar-refractivity contribution in [2.45, 2.75) is 154 Å². The van der Waals surface area contributed by atoms with E-state index in [0.717, 1.165) is 67.4 Å². The highest BCUT2D eigenvalue weighted by molar-refractivity contribution is 9.11. The molecule has 0 saturated carbocycles. The van der Waals surface area contributed by atoms with Gasteiger partial charge in [0.25, 0.3) is 10.2 Å². The maximum atomic E-state index is 13.2. The number of halogens is 4. The summed E-state index contributed by atoms with van der Waals surface area (Å²) in [5, 5.41) is 16.0. The minimum atomic E-state index is -4.52. The average molecular weight is 1360 g/mol. The summed E-state index contributed by atoms with van der Waals surface area (Å²) in [6.45, 7) is 31.2. The van der Waals surface area contributed by atoms with Crippen molar-refractivity contribution in [1.82, 2.24) is 4.72 Å². The number of anilines is 3. The molecule has 0 heterocycles. The fourth-order valence-corrected chi connectivity index (χ4v) is 10.0. The van der Waals surface area contributed by atoms with Crippen LogP contribution in [0.3, 0.4) is 0 Å². The summed E-state index contributed by atoms with van der Waals surface area (Å²) < 4.78 is 99.5. The highest BCUT2D eigenvalue weighted by Crippen LogP contribution is 2.35. The summed E-state index contributed by atoms with van der Waals surface area (Å²) in [6, 6.07) is 10.5. The quantitative estimate of drug-likeness (QED) is 0.0519. The van der Waals surface area contributed by atoms with Crippen molar-refractivity contribution >= 4 is 129 Å². The lowest BCUT2D eigenvalue weighted by Crippen LogP contribution is -2.58. The van der Waals surface area contributed by atoms with E-state index in [4.69, 9.17) is 29.3 Å². The second kappa shape index (κ2) is 30.2. The fraction of sp³-hybridized carbons (Fsp3) is 0.531. The van der Waals surface area contributed by atoms with Gasteiger partial charge in [-0.1, -0.05) is 55.2 Å². The van der Waals surface area contributed by atoms with Gasteiger partial charge < -0.3 is 24.3 Å². The summed E-state index contributed by atoms with van der Waals surface area (Å²) in [4.78, 5) is 48.7. The Morgan fingerprint density at radius 2 is 0.922 bits per heavy atom. The van der Waals surface area contributed by atoms with Crippen LogP contribution in [-0.2, 0) is 67.3 Å². The van der Waals surface area contributed by atoms with Gasteiger partial charge in [-0.15, -0.1) is 5.26 Å². The van der Waals surface area contributed by atoms with Crippen molar-refractivity contribution in [2.24, 2.45) is 5.14 Å². The van der Waals surface area contributed by atoms with Crippen LogP contribution in [0.15, 0.2) is 49.8 Å². The highest BCUT2D eigenvalue weighted by atomic mass is 79.9. The van der Waals surface area contributed by atoms with Crippen molar-refractivity contribution in [3.05, 3.63) is 83.2 Å². The molecule has 0 spiro atoms. The van der Waals surface area contributed by atoms with Crippen LogP contribution >= 0.6 is 58.5 Å². The van der Waals surface area contributed by atoms with E-state index in [0.29, 0.717) is 12.3 Å². The van der Waals surface area contributed by atoms with Crippen LogP contribution < -0.4 is 23.8 Å². The molecule has 0 aliphatic carbocycles. The van der Waals surface area contributed by atoms with E-state index >= 15 is 0 Å². The number of hydrogen-bond donors (Lipinski definition) is 3. The molecule has 0 radical (unpaired) electrons. The molecule has 3 aromatic carbocycles. The Hall–Kier alpha value is -4.43. The third-order valence-electron chi connectivity index (χ3n) is 9.80. The first-order valence-corrected chi connectivity index (χ1v) is 30.4. The van der Waals surface area contributed by atoms with Crippen LogP contribution in [-0.4, -0.2) is 91.3 Å². The number of carbonyl (C=O) groups excluding carboxylic acids is 4. The third-order valence-corrected chi connectivity index (χ3v) is 16.8. The van der Waals surface area contributed by atoms with Gasteiger partial charge in [-0.3, -0.25) is 4.18 Å². The van der Waals surface area contributed by atoms with Crippen LogP contribution in [0.2, 0.25) is 0 Å². The molecular weight excluding hydrogens is 1280 g/mol. The van der Waals surface area contributed by atoms with Crippen LogP contribution in [0, 0.1) is 53.1 Å². The van der Waals surface area contributed by atoms with E-state index in [-0.39, 0.29) is 32.3 Å². The van der Waals surface area contributed by atoms with E-state index in [9.17, 15) is 44.4 Å². The molecule has 0 saturated heterocycles. The van der Waals surface area contributed by atoms with Crippen LogP contribution in [0.1, 0.15) is 124 Å². The molecule has 3 rings (SSSR count). The standard InChI is InChI=1S/C19H29BrN2O6S.C14H21BrN2O4S.C14H20BrNO2.CClNO3S.CH4/c1-9-27-16(23)19(7,8)22(14-10-12(2)15(20)13(3)11-14)29(25,26)21-17(24)28-18(4,5)6;1-6-21-13(18)14(4,5)17(22(16,19)20)11-7-9(2)12(15)10(3)8-11;1-6-18-13(17)14(4,5)16-11-7-9(2)12(15)10(3)8-11;2-7(4,5)6-1-3;/h10-11H,9H2,1-8H3,(H,21,24);7-8H,6H2,1-5H3,(H2,16,19,20);7-8,16H,6H2,1-5H3;;1H4. The molecule has 28 heteroatoms. The average Bonchev–Trinajstić information content (AvgIpc) is 3.22. The molecule has 1 amide bonds. The monoisotopic (exact) mass is 1350 g/mol.